The lowest BCUT2D eigenvalue weighted by atomic mass is 9.96. The third kappa shape index (κ3) is 26.4. The van der Waals surface area contributed by atoms with Crippen molar-refractivity contribution in [2.45, 2.75) is 245 Å². The van der Waals surface area contributed by atoms with Crippen LogP contribution in [0.1, 0.15) is 247 Å². The maximum atomic E-state index is 13.5. The number of carbonyl (C=O) groups excluding carboxylic acids is 2. The Balaban J connectivity index is 1.18. The van der Waals surface area contributed by atoms with Gasteiger partial charge in [0.2, 0.25) is 0 Å². The van der Waals surface area contributed by atoms with Crippen molar-refractivity contribution in [3.63, 3.8) is 0 Å². The first-order chi connectivity index (χ1) is 34.5. The highest BCUT2D eigenvalue weighted by Gasteiger charge is 2.36. The quantitative estimate of drug-likeness (QED) is 0.0410. The van der Waals surface area contributed by atoms with Gasteiger partial charge in [-0.05, 0) is 98.2 Å². The summed E-state index contributed by atoms with van der Waals surface area (Å²) in [6, 6.07) is 23.3. The zero-order valence-corrected chi connectivity index (χ0v) is 44.4. The van der Waals surface area contributed by atoms with Crippen LogP contribution in [0.4, 0.5) is 0 Å². The smallest absolute Gasteiger partial charge is 0.338 e. The van der Waals surface area contributed by atoms with Crippen molar-refractivity contribution in [1.29, 1.82) is 0 Å². The topological polar surface area (TPSA) is 89.5 Å². The molecule has 0 bridgehead atoms. The minimum Gasteiger partial charge on any atom is -0.494 e. The van der Waals surface area contributed by atoms with Crippen LogP contribution in [0.25, 0.3) is 0 Å². The van der Waals surface area contributed by atoms with E-state index in [9.17, 15) is 9.59 Å². The van der Waals surface area contributed by atoms with E-state index in [2.05, 4.69) is 20.8 Å². The van der Waals surface area contributed by atoms with Crippen molar-refractivity contribution in [3.05, 3.63) is 89.5 Å². The summed E-state index contributed by atoms with van der Waals surface area (Å²) in [5, 5.41) is 0. The molecular formula is C62H96O8. The van der Waals surface area contributed by atoms with E-state index in [0.29, 0.717) is 38.0 Å². The van der Waals surface area contributed by atoms with Gasteiger partial charge in [0.25, 0.3) is 0 Å². The molecule has 1 heterocycles. The molecule has 0 unspecified atom stereocenters. The number of ether oxygens (including phenoxy) is 6. The lowest BCUT2D eigenvalue weighted by Crippen LogP contribution is -2.42. The maximum Gasteiger partial charge on any atom is 0.338 e. The molecule has 4 rings (SSSR count). The molecular weight excluding hydrogens is 873 g/mol. The van der Waals surface area contributed by atoms with Gasteiger partial charge in [-0.15, -0.1) is 0 Å². The van der Waals surface area contributed by atoms with Gasteiger partial charge in [-0.1, -0.05) is 206 Å². The Hall–Kier alpha value is -4.04. The normalized spacial score (nSPS) is 15.7. The number of benzene rings is 3. The Morgan fingerprint density at radius 1 is 0.471 bits per heavy atom. The summed E-state index contributed by atoms with van der Waals surface area (Å²) in [6.45, 7) is 8.84. The Kier molecular flexibility index (Phi) is 32.3. The number of aryl methyl sites for hydroxylation is 1. The molecule has 0 N–H and O–H groups in total. The van der Waals surface area contributed by atoms with Crippen LogP contribution in [0.3, 0.4) is 0 Å². The predicted molar refractivity (Wildman–Crippen MR) is 287 cm³/mol. The molecule has 8 heteroatoms. The second-order valence-electron chi connectivity index (χ2n) is 20.0. The lowest BCUT2D eigenvalue weighted by Gasteiger charge is -2.36. The predicted octanol–water partition coefficient (Wildman–Crippen LogP) is 17.4. The van der Waals surface area contributed by atoms with Crippen molar-refractivity contribution in [2.24, 2.45) is 0 Å². The monoisotopic (exact) mass is 969 g/mol. The molecule has 0 spiro atoms. The van der Waals surface area contributed by atoms with E-state index >= 15 is 0 Å². The average molecular weight is 969 g/mol. The molecule has 392 valence electrons. The van der Waals surface area contributed by atoms with Gasteiger partial charge in [0.15, 0.2) is 0 Å². The van der Waals surface area contributed by atoms with E-state index in [1.54, 1.807) is 12.1 Å². The van der Waals surface area contributed by atoms with Crippen molar-refractivity contribution in [2.75, 3.05) is 26.4 Å². The molecule has 0 aliphatic carbocycles. The van der Waals surface area contributed by atoms with E-state index in [0.717, 1.165) is 54.2 Å². The first-order valence-corrected chi connectivity index (χ1v) is 28.7. The van der Waals surface area contributed by atoms with Gasteiger partial charge in [-0.3, -0.25) is 4.79 Å². The van der Waals surface area contributed by atoms with Gasteiger partial charge in [0, 0.05) is 6.42 Å². The number of rotatable bonds is 42. The minimum atomic E-state index is -0.624. The van der Waals surface area contributed by atoms with Crippen LogP contribution in [-0.4, -0.2) is 50.6 Å². The van der Waals surface area contributed by atoms with Gasteiger partial charge in [0.05, 0.1) is 31.5 Å². The van der Waals surface area contributed by atoms with E-state index in [1.165, 1.54) is 161 Å². The van der Waals surface area contributed by atoms with Gasteiger partial charge in [0.1, 0.15) is 36.1 Å². The molecule has 3 atom stereocenters. The summed E-state index contributed by atoms with van der Waals surface area (Å²) in [5.41, 5.74) is 2.51. The number of unbranched alkanes of at least 4 members (excludes halogenated alkanes) is 25. The first kappa shape index (κ1) is 58.5. The van der Waals surface area contributed by atoms with Gasteiger partial charge in [-0.25, -0.2) is 4.79 Å². The van der Waals surface area contributed by atoms with E-state index < -0.39 is 18.2 Å². The summed E-state index contributed by atoms with van der Waals surface area (Å²) in [6.07, 6.45) is 36.7. The zero-order valence-electron chi connectivity index (χ0n) is 44.4. The summed E-state index contributed by atoms with van der Waals surface area (Å²) in [5.74, 6) is 1.69. The molecule has 0 saturated carbocycles. The molecule has 1 saturated heterocycles. The van der Waals surface area contributed by atoms with E-state index in [4.69, 9.17) is 28.4 Å². The number of hydrogen-bond acceptors (Lipinski definition) is 8. The Morgan fingerprint density at radius 2 is 0.857 bits per heavy atom. The van der Waals surface area contributed by atoms with Crippen molar-refractivity contribution < 1.29 is 38.0 Å². The highest BCUT2D eigenvalue weighted by molar-refractivity contribution is 5.89. The first-order valence-electron chi connectivity index (χ1n) is 28.7. The summed E-state index contributed by atoms with van der Waals surface area (Å²) in [4.78, 5) is 26.7. The van der Waals surface area contributed by atoms with Crippen LogP contribution in [-0.2, 0) is 25.4 Å². The molecule has 0 aromatic heterocycles. The largest absolute Gasteiger partial charge is 0.494 e. The highest BCUT2D eigenvalue weighted by Crippen LogP contribution is 2.34. The van der Waals surface area contributed by atoms with Crippen LogP contribution < -0.4 is 14.2 Å². The SMILES string of the molecule is CCCCCCCCCCCCCCOc1ccc(CCC(=O)OC[C@H]2O[C@@H](c3ccc(OCCCCCC)cc3)CC[C@@H]2OC(=O)c2ccc(OCCCCCCCCCCCCCC)cc2)cc1. The second-order valence-corrected chi connectivity index (χ2v) is 20.0. The summed E-state index contributed by atoms with van der Waals surface area (Å²) >= 11 is 0. The Bertz CT molecular complexity index is 1720. The lowest BCUT2D eigenvalue weighted by molar-refractivity contribution is -0.166. The Labute approximate surface area is 426 Å². The average Bonchev–Trinajstić information content (AvgIpc) is 3.38. The molecule has 8 nitrogen and oxygen atoms in total. The minimum absolute atomic E-state index is 0.00988. The van der Waals surface area contributed by atoms with Crippen molar-refractivity contribution in [1.82, 2.24) is 0 Å². The van der Waals surface area contributed by atoms with Crippen LogP contribution in [0.5, 0.6) is 17.2 Å². The van der Waals surface area contributed by atoms with Gasteiger partial charge in [-0.2, -0.15) is 0 Å². The van der Waals surface area contributed by atoms with Gasteiger partial charge >= 0.3 is 11.9 Å². The summed E-state index contributed by atoms with van der Waals surface area (Å²) in [7, 11) is 0. The fourth-order valence-electron chi connectivity index (χ4n) is 9.30. The molecule has 0 radical (unpaired) electrons. The highest BCUT2D eigenvalue weighted by atomic mass is 16.6. The number of hydrogen-bond donors (Lipinski definition) is 0. The Morgan fingerprint density at radius 3 is 1.30 bits per heavy atom. The molecule has 3 aromatic carbocycles. The van der Waals surface area contributed by atoms with Gasteiger partial charge < -0.3 is 28.4 Å². The number of esters is 2. The third-order valence-electron chi connectivity index (χ3n) is 13.8. The molecule has 1 fully saturated rings. The molecule has 70 heavy (non-hydrogen) atoms. The van der Waals surface area contributed by atoms with E-state index in [1.807, 2.05) is 60.7 Å². The fraction of sp³-hybridized carbons (Fsp3) is 0.677. The fourth-order valence-corrected chi connectivity index (χ4v) is 9.30. The van der Waals surface area contributed by atoms with Crippen LogP contribution in [0, 0.1) is 0 Å². The molecule has 1 aliphatic heterocycles. The summed E-state index contributed by atoms with van der Waals surface area (Å²) < 4.78 is 36.6. The molecule has 1 aliphatic rings. The maximum absolute atomic E-state index is 13.5. The third-order valence-corrected chi connectivity index (χ3v) is 13.8. The van der Waals surface area contributed by atoms with Crippen LogP contribution in [0.15, 0.2) is 72.8 Å². The van der Waals surface area contributed by atoms with Crippen LogP contribution in [0.2, 0.25) is 0 Å². The van der Waals surface area contributed by atoms with E-state index in [-0.39, 0.29) is 25.1 Å². The zero-order chi connectivity index (χ0) is 49.5. The number of carbonyl (C=O) groups is 2. The van der Waals surface area contributed by atoms with Crippen molar-refractivity contribution >= 4 is 11.9 Å². The second kappa shape index (κ2) is 38.6. The van der Waals surface area contributed by atoms with Crippen molar-refractivity contribution in [3.8, 4) is 17.2 Å². The molecule has 3 aromatic rings. The standard InChI is InChI=1S/C62H96O8/c1-4-7-10-13-15-17-19-21-23-25-27-30-49-65-55-39-32-52(33-40-55)34-47-61(63)68-51-60-59(46-45-58(69-60)53-35-41-56(42-36-53)66-48-29-12-9-6-3)70-62(64)54-37-43-57(44-38-54)67-50-31-28-26-24-22-20-18-16-14-11-8-5-2/h32-33,35-44,58-60H,4-31,34,45-51H2,1-3H3/t58-,59+,60-/m1/s1. The van der Waals surface area contributed by atoms with Crippen LogP contribution >= 0.6 is 0 Å². The molecule has 0 amide bonds.